The van der Waals surface area contributed by atoms with Gasteiger partial charge in [-0.2, -0.15) is 10.0 Å². The lowest BCUT2D eigenvalue weighted by atomic mass is 9.74. The van der Waals surface area contributed by atoms with Gasteiger partial charge in [0, 0.05) is 50.4 Å². The molecule has 0 radical (unpaired) electrons. The molecule has 1 aliphatic carbocycles. The second-order valence-corrected chi connectivity index (χ2v) is 24.9. The molecule has 378 valence electrons. The van der Waals surface area contributed by atoms with Crippen LogP contribution < -0.4 is 14.7 Å². The van der Waals surface area contributed by atoms with E-state index >= 15 is 0 Å². The second-order valence-electron chi connectivity index (χ2n) is 21.4. The quantitative estimate of drug-likeness (QED) is 0.0794. The third-order valence-corrected chi connectivity index (χ3v) is 20.5. The number of benzene rings is 7. The maximum Gasteiger partial charge on any atom is 0.0695 e. The van der Waals surface area contributed by atoms with E-state index in [9.17, 15) is 0 Å². The molecule has 0 amide bonds. The zero-order valence-electron chi connectivity index (χ0n) is 45.6. The Morgan fingerprint density at radius 1 is 0.667 bits per heavy atom. The number of allylic oxidation sites excluding steroid dienone is 10. The maximum atomic E-state index is 3.87. The summed E-state index contributed by atoms with van der Waals surface area (Å²) in [5.41, 5.74) is 20.6. The van der Waals surface area contributed by atoms with Crippen molar-refractivity contribution in [3.05, 3.63) is 263 Å². The molecule has 1 spiro atoms. The van der Waals surface area contributed by atoms with Crippen LogP contribution in [0.2, 0.25) is 0 Å². The lowest BCUT2D eigenvalue weighted by Crippen LogP contribution is -2.26. The first kappa shape index (κ1) is 51.0. The monoisotopic (exact) mass is 1000 g/mol. The van der Waals surface area contributed by atoms with Gasteiger partial charge >= 0.3 is 0 Å². The van der Waals surface area contributed by atoms with E-state index in [0.29, 0.717) is 0 Å². The lowest BCUT2D eigenvalue weighted by molar-refractivity contribution is 0.632. The summed E-state index contributed by atoms with van der Waals surface area (Å²) in [6, 6.07) is 58.9. The van der Waals surface area contributed by atoms with Crippen LogP contribution in [0.15, 0.2) is 240 Å². The zero-order chi connectivity index (χ0) is 52.5. The highest BCUT2D eigenvalue weighted by Crippen LogP contribution is 2.73. The van der Waals surface area contributed by atoms with Crippen LogP contribution in [0.25, 0.3) is 23.3 Å². The van der Waals surface area contributed by atoms with Crippen LogP contribution in [0.1, 0.15) is 94.7 Å². The normalized spacial score (nSPS) is 16.3. The van der Waals surface area contributed by atoms with Crippen molar-refractivity contribution in [3.8, 4) is 11.1 Å². The van der Waals surface area contributed by atoms with Gasteiger partial charge < -0.3 is 14.7 Å². The highest BCUT2D eigenvalue weighted by atomic mass is 32.3. The molecule has 0 saturated carbocycles. The minimum absolute atomic E-state index is 0.196. The van der Waals surface area contributed by atoms with Gasteiger partial charge in [0.2, 0.25) is 0 Å². The standard InChI is InChI=1S/C71H73N3S/c1-11-14-16-28-52(5)73(56-29-17-15-18-30-56)65-32-20-19-31-64(65)72(10)57-42-44-60-59-43-41-54(48-62(59)71(8,9)63(60)50-57)40-39-53-38-37-51(4)61(47-53)70(6,7)55(13-3)49-58(27-12-2)74-66-33-21-23-35-68(66)75(45-25-26-46-75)69-36-24-22-34-67(69)74/h11-24,27-44,47-50H,1,25-26,45-46H2,2-10H3/b16-14-,27-12-,40-39+,52-28+,55-13-,58-49+. The molecule has 10 rings (SSSR count). The Labute approximate surface area is 450 Å². The summed E-state index contributed by atoms with van der Waals surface area (Å²) in [6.45, 7) is 22.2. The average molecular weight is 1000 g/mol. The fourth-order valence-electron chi connectivity index (χ4n) is 12.2. The predicted molar refractivity (Wildman–Crippen MR) is 328 cm³/mol. The first-order valence-corrected chi connectivity index (χ1v) is 28.8. The van der Waals surface area contributed by atoms with E-state index < -0.39 is 10.0 Å². The van der Waals surface area contributed by atoms with Gasteiger partial charge in [-0.1, -0.05) is 174 Å². The van der Waals surface area contributed by atoms with E-state index in [4.69, 9.17) is 0 Å². The van der Waals surface area contributed by atoms with Crippen molar-refractivity contribution in [1.29, 1.82) is 0 Å². The third-order valence-electron chi connectivity index (χ3n) is 16.1. The molecular weight excluding hydrogens is 927 g/mol. The topological polar surface area (TPSA) is 9.72 Å². The summed E-state index contributed by atoms with van der Waals surface area (Å²) in [5, 5.41) is 0. The number of aryl methyl sites for hydroxylation is 1. The fraction of sp³-hybridized carbons (Fsp3) is 0.211. The van der Waals surface area contributed by atoms with E-state index in [-0.39, 0.29) is 10.8 Å². The summed E-state index contributed by atoms with van der Waals surface area (Å²) in [5.74, 6) is 2.57. The Bertz CT molecular complexity index is 3430. The Kier molecular flexibility index (Phi) is 14.3. The molecule has 75 heavy (non-hydrogen) atoms. The molecule has 3 aliphatic rings. The smallest absolute Gasteiger partial charge is 0.0695 e. The van der Waals surface area contributed by atoms with Crippen molar-refractivity contribution in [3.63, 3.8) is 0 Å². The Hall–Kier alpha value is -7.53. The van der Waals surface area contributed by atoms with Gasteiger partial charge in [-0.05, 0) is 181 Å². The minimum Gasteiger partial charge on any atom is -0.343 e. The molecular formula is C71H73N3S. The Balaban J connectivity index is 0.927. The summed E-state index contributed by atoms with van der Waals surface area (Å²) in [6.07, 6.45) is 24.4. The number of para-hydroxylation sites is 5. The molecule has 0 bridgehead atoms. The average Bonchev–Trinajstić information content (AvgIpc) is 4.05. The highest BCUT2D eigenvalue weighted by molar-refractivity contribution is 8.34. The van der Waals surface area contributed by atoms with Gasteiger partial charge in [-0.15, -0.1) is 0 Å². The molecule has 0 atom stereocenters. The molecule has 1 fully saturated rings. The first-order valence-electron chi connectivity index (χ1n) is 26.8. The highest BCUT2D eigenvalue weighted by Gasteiger charge is 2.42. The van der Waals surface area contributed by atoms with E-state index in [2.05, 4.69) is 284 Å². The molecule has 0 aromatic heterocycles. The molecule has 1 saturated heterocycles. The van der Waals surface area contributed by atoms with E-state index in [1.54, 1.807) is 9.79 Å². The minimum atomic E-state index is -1.08. The Morgan fingerprint density at radius 3 is 1.91 bits per heavy atom. The summed E-state index contributed by atoms with van der Waals surface area (Å²) >= 11 is 0. The third kappa shape index (κ3) is 9.29. The molecule has 0 unspecified atom stereocenters. The second kappa shape index (κ2) is 21.0. The fourth-order valence-corrected chi connectivity index (χ4v) is 16.7. The van der Waals surface area contributed by atoms with Gasteiger partial charge in [0.05, 0.1) is 22.7 Å². The van der Waals surface area contributed by atoms with Crippen molar-refractivity contribution in [2.75, 3.05) is 33.3 Å². The van der Waals surface area contributed by atoms with Crippen LogP contribution in [-0.4, -0.2) is 18.6 Å². The Morgan fingerprint density at radius 2 is 1.25 bits per heavy atom. The van der Waals surface area contributed by atoms with E-state index in [1.165, 1.54) is 91.5 Å². The van der Waals surface area contributed by atoms with Crippen LogP contribution >= 0.6 is 10.0 Å². The van der Waals surface area contributed by atoms with Crippen molar-refractivity contribution in [2.24, 2.45) is 0 Å². The maximum absolute atomic E-state index is 3.87. The summed E-state index contributed by atoms with van der Waals surface area (Å²) in [4.78, 5) is 10.3. The first-order chi connectivity index (χ1) is 36.3. The number of nitrogens with zero attached hydrogens (tertiary/aromatic N) is 3. The molecule has 3 nitrogen and oxygen atoms in total. The van der Waals surface area contributed by atoms with Gasteiger partial charge in [0.15, 0.2) is 0 Å². The summed E-state index contributed by atoms with van der Waals surface area (Å²) in [7, 11) is 1.11. The van der Waals surface area contributed by atoms with Gasteiger partial charge in [0.25, 0.3) is 0 Å². The number of hydrogen-bond acceptors (Lipinski definition) is 3. The predicted octanol–water partition coefficient (Wildman–Crippen LogP) is 19.9. The van der Waals surface area contributed by atoms with Gasteiger partial charge in [0.1, 0.15) is 0 Å². The molecule has 2 aliphatic heterocycles. The van der Waals surface area contributed by atoms with Crippen LogP contribution in [0.3, 0.4) is 0 Å². The largest absolute Gasteiger partial charge is 0.343 e. The van der Waals surface area contributed by atoms with Crippen LogP contribution in [0, 0.1) is 6.92 Å². The molecule has 7 aromatic rings. The van der Waals surface area contributed by atoms with E-state index in [1.807, 2.05) is 18.2 Å². The number of fused-ring (bicyclic) bond motifs is 7. The summed E-state index contributed by atoms with van der Waals surface area (Å²) < 4.78 is 0. The van der Waals surface area contributed by atoms with Crippen LogP contribution in [0.4, 0.5) is 34.1 Å². The number of rotatable bonds is 14. The molecule has 2 heterocycles. The van der Waals surface area contributed by atoms with Crippen LogP contribution in [0.5, 0.6) is 0 Å². The van der Waals surface area contributed by atoms with E-state index in [0.717, 1.165) is 28.4 Å². The number of anilines is 6. The van der Waals surface area contributed by atoms with Crippen molar-refractivity contribution in [1.82, 2.24) is 0 Å². The van der Waals surface area contributed by atoms with Crippen molar-refractivity contribution >= 4 is 56.3 Å². The number of hydrogen-bond donors (Lipinski definition) is 0. The molecule has 0 N–H and O–H groups in total. The van der Waals surface area contributed by atoms with Crippen LogP contribution in [-0.2, 0) is 10.8 Å². The molecule has 7 aromatic carbocycles. The van der Waals surface area contributed by atoms with Gasteiger partial charge in [-0.25, -0.2) is 0 Å². The van der Waals surface area contributed by atoms with Crippen molar-refractivity contribution in [2.45, 2.75) is 88.9 Å². The SMILES string of the molecule is C=C/C=C\C=C(/C)N(c1ccccc1)c1ccccc1N(C)c1ccc2c(c1)C(C)(C)c1cc(/C=C/c3ccc(C)c(C(C)(C)C(=C\C)/C=C(\C=C/C)N4c5ccccc5S5(CCCC5)c5ccccc54)c3)ccc1-2. The molecule has 4 heteroatoms. The van der Waals surface area contributed by atoms with Crippen molar-refractivity contribution < 1.29 is 0 Å². The van der Waals surface area contributed by atoms with Gasteiger partial charge in [-0.3, -0.25) is 0 Å². The zero-order valence-corrected chi connectivity index (χ0v) is 46.4. The lowest BCUT2D eigenvalue weighted by Gasteiger charge is -2.47.